The molecule has 7 heteroatoms. The summed E-state index contributed by atoms with van der Waals surface area (Å²) in [5.74, 6) is -0.389. The van der Waals surface area contributed by atoms with Crippen LogP contribution in [-0.4, -0.2) is 22.5 Å². The average molecular weight is 347 g/mol. The van der Waals surface area contributed by atoms with Crippen molar-refractivity contribution in [2.75, 3.05) is 6.54 Å². The number of amides is 1. The van der Waals surface area contributed by atoms with Gasteiger partial charge in [0.25, 0.3) is 5.69 Å². The number of nitrogens with zero attached hydrogens (tertiary/aromatic N) is 1. The van der Waals surface area contributed by atoms with Crippen LogP contribution >= 0.6 is 11.6 Å². The van der Waals surface area contributed by atoms with Crippen LogP contribution in [0.5, 0.6) is 0 Å². The van der Waals surface area contributed by atoms with Crippen molar-refractivity contribution in [3.63, 3.8) is 0 Å². The van der Waals surface area contributed by atoms with E-state index in [1.165, 1.54) is 24.3 Å². The minimum Gasteiger partial charge on any atom is -0.387 e. The molecule has 0 bridgehead atoms. The van der Waals surface area contributed by atoms with Crippen molar-refractivity contribution >= 4 is 29.3 Å². The molecule has 0 aliphatic heterocycles. The van der Waals surface area contributed by atoms with E-state index in [4.69, 9.17) is 11.6 Å². The number of non-ortho nitro benzene ring substituents is 1. The Morgan fingerprint density at radius 2 is 1.92 bits per heavy atom. The van der Waals surface area contributed by atoms with Gasteiger partial charge in [0.05, 0.1) is 11.0 Å². The van der Waals surface area contributed by atoms with Crippen molar-refractivity contribution in [1.82, 2.24) is 5.32 Å². The van der Waals surface area contributed by atoms with Crippen molar-refractivity contribution in [2.45, 2.75) is 6.10 Å². The first-order valence-corrected chi connectivity index (χ1v) is 7.48. The number of carbonyl (C=O) groups is 1. The number of nitrogens with one attached hydrogen (secondary N) is 1. The van der Waals surface area contributed by atoms with Crippen molar-refractivity contribution < 1.29 is 14.8 Å². The number of hydrogen-bond donors (Lipinski definition) is 2. The summed E-state index contributed by atoms with van der Waals surface area (Å²) in [5, 5.41) is 23.6. The first-order valence-electron chi connectivity index (χ1n) is 7.10. The molecule has 0 spiro atoms. The third-order valence-corrected chi connectivity index (χ3v) is 3.61. The van der Waals surface area contributed by atoms with Gasteiger partial charge in [-0.05, 0) is 29.8 Å². The summed E-state index contributed by atoms with van der Waals surface area (Å²) in [7, 11) is 0. The minimum absolute atomic E-state index is 0.0144. The summed E-state index contributed by atoms with van der Waals surface area (Å²) in [4.78, 5) is 21.8. The Hall–Kier alpha value is -2.70. The van der Waals surface area contributed by atoms with Crippen molar-refractivity contribution in [3.8, 4) is 0 Å². The van der Waals surface area contributed by atoms with Crippen LogP contribution in [0.3, 0.4) is 0 Å². The summed E-state index contributed by atoms with van der Waals surface area (Å²) < 4.78 is 0. The second kappa shape index (κ2) is 8.24. The van der Waals surface area contributed by atoms with Gasteiger partial charge in [0.15, 0.2) is 0 Å². The van der Waals surface area contributed by atoms with E-state index in [1.54, 1.807) is 36.4 Å². The Bertz CT molecular complexity index is 759. The average Bonchev–Trinajstić information content (AvgIpc) is 2.58. The molecule has 0 heterocycles. The molecule has 1 amide bonds. The van der Waals surface area contributed by atoms with Crippen molar-refractivity contribution in [1.29, 1.82) is 0 Å². The van der Waals surface area contributed by atoms with Gasteiger partial charge in [0.2, 0.25) is 5.91 Å². The van der Waals surface area contributed by atoms with E-state index in [9.17, 15) is 20.0 Å². The molecule has 124 valence electrons. The quantitative estimate of drug-likeness (QED) is 0.477. The molecule has 2 rings (SSSR count). The lowest BCUT2D eigenvalue weighted by Gasteiger charge is -2.12. The number of aliphatic hydroxyl groups excluding tert-OH is 1. The van der Waals surface area contributed by atoms with Crippen LogP contribution in [0.2, 0.25) is 5.02 Å². The zero-order valence-electron chi connectivity index (χ0n) is 12.6. The highest BCUT2D eigenvalue weighted by atomic mass is 35.5. The van der Waals surface area contributed by atoms with Crippen LogP contribution in [0, 0.1) is 10.1 Å². The SMILES string of the molecule is O=C(/C=C/c1ccc([N+](=O)[O-])cc1)NCC(O)c1ccccc1Cl. The van der Waals surface area contributed by atoms with Crippen LogP contribution in [0.1, 0.15) is 17.2 Å². The highest BCUT2D eigenvalue weighted by Gasteiger charge is 2.11. The Kier molecular flexibility index (Phi) is 6.06. The molecule has 24 heavy (non-hydrogen) atoms. The standard InChI is InChI=1S/C17H15ClN2O4/c18-15-4-2-1-3-14(15)16(21)11-19-17(22)10-7-12-5-8-13(9-6-12)20(23)24/h1-10,16,21H,11H2,(H,19,22)/b10-7+. The molecule has 0 saturated carbocycles. The summed E-state index contributed by atoms with van der Waals surface area (Å²) in [6.45, 7) is 0.0210. The molecule has 0 saturated heterocycles. The largest absolute Gasteiger partial charge is 0.387 e. The minimum atomic E-state index is -0.907. The van der Waals surface area contributed by atoms with Gasteiger partial charge in [0, 0.05) is 35.3 Å². The molecule has 2 aromatic carbocycles. The number of halogens is 1. The van der Waals surface area contributed by atoms with Crippen LogP contribution < -0.4 is 5.32 Å². The maximum Gasteiger partial charge on any atom is 0.269 e. The fraction of sp³-hybridized carbons (Fsp3) is 0.118. The second-order valence-electron chi connectivity index (χ2n) is 4.96. The molecule has 2 aromatic rings. The number of nitro benzene ring substituents is 1. The van der Waals surface area contributed by atoms with E-state index in [0.29, 0.717) is 16.1 Å². The van der Waals surface area contributed by atoms with Gasteiger partial charge in [-0.2, -0.15) is 0 Å². The van der Waals surface area contributed by atoms with E-state index < -0.39 is 11.0 Å². The molecule has 1 unspecified atom stereocenters. The zero-order valence-corrected chi connectivity index (χ0v) is 13.3. The van der Waals surface area contributed by atoms with Crippen LogP contribution in [0.25, 0.3) is 6.08 Å². The monoisotopic (exact) mass is 346 g/mol. The normalized spacial score (nSPS) is 12.1. The van der Waals surface area contributed by atoms with Gasteiger partial charge in [-0.3, -0.25) is 14.9 Å². The lowest BCUT2D eigenvalue weighted by atomic mass is 10.1. The third kappa shape index (κ3) is 4.91. The first-order chi connectivity index (χ1) is 11.5. The Labute approximate surface area is 143 Å². The molecule has 0 aromatic heterocycles. The molecular formula is C17H15ClN2O4. The molecule has 0 aliphatic carbocycles. The fourth-order valence-corrected chi connectivity index (χ4v) is 2.25. The molecular weight excluding hydrogens is 332 g/mol. The zero-order chi connectivity index (χ0) is 17.5. The first kappa shape index (κ1) is 17.7. The third-order valence-electron chi connectivity index (χ3n) is 3.26. The lowest BCUT2D eigenvalue weighted by Crippen LogP contribution is -2.26. The Balaban J connectivity index is 1.88. The van der Waals surface area contributed by atoms with Gasteiger partial charge in [-0.25, -0.2) is 0 Å². The number of hydrogen-bond acceptors (Lipinski definition) is 4. The highest BCUT2D eigenvalue weighted by molar-refractivity contribution is 6.31. The van der Waals surface area contributed by atoms with Crippen LogP contribution in [0.15, 0.2) is 54.6 Å². The lowest BCUT2D eigenvalue weighted by molar-refractivity contribution is -0.384. The maximum absolute atomic E-state index is 11.8. The van der Waals surface area contributed by atoms with E-state index in [2.05, 4.69) is 5.32 Å². The van der Waals surface area contributed by atoms with E-state index in [1.807, 2.05) is 0 Å². The molecule has 1 atom stereocenters. The van der Waals surface area contributed by atoms with Gasteiger partial charge in [-0.15, -0.1) is 0 Å². The predicted octanol–water partition coefficient (Wildman–Crippen LogP) is 3.11. The van der Waals surface area contributed by atoms with E-state index in [-0.39, 0.29) is 18.1 Å². The summed E-state index contributed by atoms with van der Waals surface area (Å²) >= 11 is 5.98. The predicted molar refractivity (Wildman–Crippen MR) is 91.6 cm³/mol. The summed E-state index contributed by atoms with van der Waals surface area (Å²) in [6, 6.07) is 12.7. The van der Waals surface area contributed by atoms with Crippen LogP contribution in [0.4, 0.5) is 5.69 Å². The van der Waals surface area contributed by atoms with Gasteiger partial charge >= 0.3 is 0 Å². The fourth-order valence-electron chi connectivity index (χ4n) is 1.99. The summed E-state index contributed by atoms with van der Waals surface area (Å²) in [5.41, 5.74) is 1.18. The number of nitro groups is 1. The number of benzene rings is 2. The smallest absolute Gasteiger partial charge is 0.269 e. The number of carbonyl (C=O) groups excluding carboxylic acids is 1. The van der Waals surface area contributed by atoms with Crippen molar-refractivity contribution in [2.24, 2.45) is 0 Å². The van der Waals surface area contributed by atoms with Crippen LogP contribution in [-0.2, 0) is 4.79 Å². The van der Waals surface area contributed by atoms with Crippen molar-refractivity contribution in [3.05, 3.63) is 80.9 Å². The molecule has 0 aliphatic rings. The second-order valence-corrected chi connectivity index (χ2v) is 5.37. The topological polar surface area (TPSA) is 92.5 Å². The Morgan fingerprint density at radius 3 is 2.54 bits per heavy atom. The Morgan fingerprint density at radius 1 is 1.25 bits per heavy atom. The van der Waals surface area contributed by atoms with E-state index in [0.717, 1.165) is 0 Å². The number of aliphatic hydroxyl groups is 1. The maximum atomic E-state index is 11.8. The van der Waals surface area contributed by atoms with Gasteiger partial charge in [0.1, 0.15) is 0 Å². The number of rotatable bonds is 6. The van der Waals surface area contributed by atoms with Gasteiger partial charge < -0.3 is 10.4 Å². The molecule has 2 N–H and O–H groups in total. The van der Waals surface area contributed by atoms with E-state index >= 15 is 0 Å². The molecule has 0 radical (unpaired) electrons. The van der Waals surface area contributed by atoms with Gasteiger partial charge in [-0.1, -0.05) is 29.8 Å². The highest BCUT2D eigenvalue weighted by Crippen LogP contribution is 2.21. The molecule has 6 nitrogen and oxygen atoms in total. The summed E-state index contributed by atoms with van der Waals surface area (Å²) in [6.07, 6.45) is 1.91. The molecule has 0 fully saturated rings.